The molecule has 0 N–H and O–H groups in total. The number of para-hydroxylation sites is 1. The van der Waals surface area contributed by atoms with Crippen LogP contribution in [0.15, 0.2) is 84.9 Å². The lowest BCUT2D eigenvalue weighted by Gasteiger charge is -2.02. The Morgan fingerprint density at radius 1 is 0.593 bits per heavy atom. The predicted molar refractivity (Wildman–Crippen MR) is 119 cm³/mol. The van der Waals surface area contributed by atoms with Crippen LogP contribution >= 0.6 is 11.3 Å². The van der Waals surface area contributed by atoms with Gasteiger partial charge in [0.15, 0.2) is 0 Å². The lowest BCUT2D eigenvalue weighted by atomic mass is 10.0. The molecule has 0 bridgehead atoms. The van der Waals surface area contributed by atoms with Crippen molar-refractivity contribution < 1.29 is 0 Å². The Labute approximate surface area is 161 Å². The molecule has 0 spiro atoms. The Morgan fingerprint density at radius 2 is 1.33 bits per heavy atom. The van der Waals surface area contributed by atoms with Crippen LogP contribution in [0.1, 0.15) is 0 Å². The minimum atomic E-state index is 1.28. The molecule has 0 saturated carbocycles. The van der Waals surface area contributed by atoms with Crippen LogP contribution < -0.4 is 0 Å². The van der Waals surface area contributed by atoms with Gasteiger partial charge in [0, 0.05) is 43.5 Å². The summed E-state index contributed by atoms with van der Waals surface area (Å²) in [6, 6.07) is 30.7. The molecule has 0 atom stereocenters. The van der Waals surface area contributed by atoms with Gasteiger partial charge in [0.1, 0.15) is 0 Å². The summed E-state index contributed by atoms with van der Waals surface area (Å²) in [5.41, 5.74) is 5.20. The Hall–Kier alpha value is -3.10. The van der Waals surface area contributed by atoms with Crippen LogP contribution in [-0.4, -0.2) is 4.57 Å². The molecule has 0 amide bonds. The summed E-state index contributed by atoms with van der Waals surface area (Å²) < 4.78 is 5.08. The first-order valence-corrected chi connectivity index (χ1v) is 10.0. The fourth-order valence-corrected chi connectivity index (χ4v) is 5.74. The van der Waals surface area contributed by atoms with Gasteiger partial charge in [0.05, 0.1) is 5.52 Å². The molecule has 1 nitrogen and oxygen atoms in total. The van der Waals surface area contributed by atoms with E-state index in [1.165, 1.54) is 53.1 Å². The number of aryl methyl sites for hydroxylation is 1. The van der Waals surface area contributed by atoms with Gasteiger partial charge in [-0.05, 0) is 23.3 Å². The summed E-state index contributed by atoms with van der Waals surface area (Å²) in [6.07, 6.45) is 0. The quantitative estimate of drug-likeness (QED) is 0.287. The van der Waals surface area contributed by atoms with Gasteiger partial charge in [0.25, 0.3) is 0 Å². The molecule has 4 aromatic carbocycles. The summed E-state index contributed by atoms with van der Waals surface area (Å²) >= 11 is 1.93. The maximum atomic E-state index is 2.31. The smallest absolute Gasteiger partial charge is 0.0503 e. The number of thiophene rings is 1. The van der Waals surface area contributed by atoms with E-state index in [9.17, 15) is 0 Å². The molecule has 128 valence electrons. The van der Waals surface area contributed by atoms with Crippen molar-refractivity contribution in [2.24, 2.45) is 7.05 Å². The zero-order chi connectivity index (χ0) is 18.0. The van der Waals surface area contributed by atoms with Crippen molar-refractivity contribution in [3.63, 3.8) is 0 Å². The van der Waals surface area contributed by atoms with Crippen molar-refractivity contribution in [3.05, 3.63) is 84.9 Å². The Balaban J connectivity index is 1.82. The van der Waals surface area contributed by atoms with Gasteiger partial charge in [-0.1, -0.05) is 72.8 Å². The third-order valence-corrected chi connectivity index (χ3v) is 6.90. The van der Waals surface area contributed by atoms with E-state index in [1.54, 1.807) is 0 Å². The van der Waals surface area contributed by atoms with Crippen LogP contribution in [0.5, 0.6) is 0 Å². The minimum absolute atomic E-state index is 1.28. The van der Waals surface area contributed by atoms with Crippen LogP contribution in [0.4, 0.5) is 0 Å². The lowest BCUT2D eigenvalue weighted by Crippen LogP contribution is -1.85. The molecule has 0 unspecified atom stereocenters. The third-order valence-electron chi connectivity index (χ3n) is 5.63. The van der Waals surface area contributed by atoms with Crippen molar-refractivity contribution in [2.75, 3.05) is 0 Å². The molecule has 6 aromatic rings. The van der Waals surface area contributed by atoms with Crippen molar-refractivity contribution in [1.82, 2.24) is 4.57 Å². The minimum Gasteiger partial charge on any atom is -0.344 e. The van der Waals surface area contributed by atoms with Crippen molar-refractivity contribution in [2.45, 2.75) is 0 Å². The molecule has 0 radical (unpaired) electrons. The molecule has 2 heterocycles. The third kappa shape index (κ3) is 1.99. The highest BCUT2D eigenvalue weighted by atomic mass is 32.1. The molecule has 0 aliphatic heterocycles. The summed E-state index contributed by atoms with van der Waals surface area (Å²) in [5.74, 6) is 0. The number of benzene rings is 4. The highest BCUT2D eigenvalue weighted by Gasteiger charge is 2.16. The van der Waals surface area contributed by atoms with Gasteiger partial charge in [-0.15, -0.1) is 11.3 Å². The average Bonchev–Trinajstić information content (AvgIpc) is 3.25. The van der Waals surface area contributed by atoms with Crippen LogP contribution in [0.25, 0.3) is 53.1 Å². The molecule has 2 heteroatoms. The second-order valence-electron chi connectivity index (χ2n) is 7.06. The van der Waals surface area contributed by atoms with E-state index in [-0.39, 0.29) is 0 Å². The Kier molecular flexibility index (Phi) is 3.03. The number of hydrogen-bond acceptors (Lipinski definition) is 1. The number of fused-ring (bicyclic) bond motifs is 7. The highest BCUT2D eigenvalue weighted by Crippen LogP contribution is 2.44. The molecule has 0 aliphatic carbocycles. The molecule has 0 fully saturated rings. The summed E-state index contributed by atoms with van der Waals surface area (Å²) in [5, 5.41) is 5.43. The second-order valence-corrected chi connectivity index (χ2v) is 8.08. The molecular formula is C25H17NS. The standard InChI is InChI=1S/C25H17NS/c1-26-21-13-6-5-10-20(21)23-22(26)15-14-19-18-12-7-11-17(24(18)27-25(19)23)16-8-3-2-4-9-16/h2-15H,1H3. The van der Waals surface area contributed by atoms with Crippen molar-refractivity contribution in [3.8, 4) is 11.1 Å². The zero-order valence-electron chi connectivity index (χ0n) is 14.9. The first-order valence-electron chi connectivity index (χ1n) is 9.20. The second kappa shape index (κ2) is 5.45. The largest absolute Gasteiger partial charge is 0.344 e. The Morgan fingerprint density at radius 3 is 2.22 bits per heavy atom. The van der Waals surface area contributed by atoms with E-state index >= 15 is 0 Å². The fourth-order valence-electron chi connectivity index (χ4n) is 4.34. The maximum absolute atomic E-state index is 2.31. The zero-order valence-corrected chi connectivity index (χ0v) is 15.8. The molecule has 27 heavy (non-hydrogen) atoms. The Bertz CT molecular complexity index is 1470. The fraction of sp³-hybridized carbons (Fsp3) is 0.0400. The van der Waals surface area contributed by atoms with Gasteiger partial charge in [-0.3, -0.25) is 0 Å². The predicted octanol–water partition coefficient (Wildman–Crippen LogP) is 7.37. The number of nitrogens with zero attached hydrogens (tertiary/aromatic N) is 1. The molecule has 2 aromatic heterocycles. The normalized spacial score (nSPS) is 11.9. The monoisotopic (exact) mass is 363 g/mol. The average molecular weight is 363 g/mol. The van der Waals surface area contributed by atoms with Crippen molar-refractivity contribution >= 4 is 53.3 Å². The van der Waals surface area contributed by atoms with Crippen LogP contribution in [0, 0.1) is 0 Å². The molecule has 0 aliphatic rings. The lowest BCUT2D eigenvalue weighted by molar-refractivity contribution is 1.01. The summed E-state index contributed by atoms with van der Waals surface area (Å²) in [4.78, 5) is 0. The van der Waals surface area contributed by atoms with E-state index in [0.717, 1.165) is 0 Å². The van der Waals surface area contributed by atoms with Crippen LogP contribution in [0.2, 0.25) is 0 Å². The molecular weight excluding hydrogens is 346 g/mol. The summed E-state index contributed by atoms with van der Waals surface area (Å²) in [7, 11) is 2.17. The summed E-state index contributed by atoms with van der Waals surface area (Å²) in [6.45, 7) is 0. The number of hydrogen-bond donors (Lipinski definition) is 0. The van der Waals surface area contributed by atoms with Gasteiger partial charge in [-0.25, -0.2) is 0 Å². The van der Waals surface area contributed by atoms with E-state index in [0.29, 0.717) is 0 Å². The highest BCUT2D eigenvalue weighted by molar-refractivity contribution is 7.27. The number of rotatable bonds is 1. The van der Waals surface area contributed by atoms with E-state index in [4.69, 9.17) is 0 Å². The van der Waals surface area contributed by atoms with Crippen LogP contribution in [-0.2, 0) is 7.05 Å². The van der Waals surface area contributed by atoms with Gasteiger partial charge in [0.2, 0.25) is 0 Å². The van der Waals surface area contributed by atoms with E-state index < -0.39 is 0 Å². The van der Waals surface area contributed by atoms with Gasteiger partial charge >= 0.3 is 0 Å². The SMILES string of the molecule is Cn1c2ccccc2c2c3sc4c(-c5ccccc5)cccc4c3ccc21. The maximum Gasteiger partial charge on any atom is 0.0503 e. The van der Waals surface area contributed by atoms with Gasteiger partial charge < -0.3 is 4.57 Å². The molecule has 0 saturated heterocycles. The first kappa shape index (κ1) is 15.0. The molecule has 6 rings (SSSR count). The van der Waals surface area contributed by atoms with Crippen molar-refractivity contribution in [1.29, 1.82) is 0 Å². The topological polar surface area (TPSA) is 4.93 Å². The van der Waals surface area contributed by atoms with Crippen LogP contribution in [0.3, 0.4) is 0 Å². The van der Waals surface area contributed by atoms with E-state index in [2.05, 4.69) is 96.5 Å². The number of aromatic nitrogens is 1. The first-order chi connectivity index (χ1) is 13.3. The van der Waals surface area contributed by atoms with Gasteiger partial charge in [-0.2, -0.15) is 0 Å². The van der Waals surface area contributed by atoms with E-state index in [1.807, 2.05) is 11.3 Å².